The van der Waals surface area contributed by atoms with E-state index < -0.39 is 0 Å². The Labute approximate surface area is 158 Å². The summed E-state index contributed by atoms with van der Waals surface area (Å²) in [5.41, 5.74) is 1.35. The molecule has 7 heteroatoms. The molecule has 0 aliphatic carbocycles. The number of aromatic nitrogens is 2. The molecule has 1 amide bonds. The molecule has 1 aliphatic rings. The van der Waals surface area contributed by atoms with Crippen molar-refractivity contribution in [1.82, 2.24) is 15.0 Å². The van der Waals surface area contributed by atoms with Crippen molar-refractivity contribution in [2.45, 2.75) is 58.5 Å². The number of halogens is 1. The Kier molecular flexibility index (Phi) is 5.81. The van der Waals surface area contributed by atoms with Crippen LogP contribution >= 0.6 is 11.6 Å². The summed E-state index contributed by atoms with van der Waals surface area (Å²) in [5.74, 6) is 1.44. The zero-order valence-corrected chi connectivity index (χ0v) is 16.2. The van der Waals surface area contributed by atoms with Crippen LogP contribution in [0.3, 0.4) is 0 Å². The summed E-state index contributed by atoms with van der Waals surface area (Å²) in [5, 5.41) is 7.59. The van der Waals surface area contributed by atoms with E-state index in [0.29, 0.717) is 28.8 Å². The molecular weight excluding hydrogens is 352 g/mol. The lowest BCUT2D eigenvalue weighted by Gasteiger charge is -2.33. The molecule has 0 radical (unpaired) electrons. The quantitative estimate of drug-likeness (QED) is 0.833. The molecular formula is C19H25ClN4O2. The first-order valence-corrected chi connectivity index (χ1v) is 9.50. The third-order valence-corrected chi connectivity index (χ3v) is 5.02. The zero-order valence-electron chi connectivity index (χ0n) is 15.5. The summed E-state index contributed by atoms with van der Waals surface area (Å²) in [7, 11) is 0. The van der Waals surface area contributed by atoms with Crippen molar-refractivity contribution in [3.8, 4) is 0 Å². The van der Waals surface area contributed by atoms with Gasteiger partial charge < -0.3 is 14.7 Å². The molecule has 1 aliphatic heterocycles. The van der Waals surface area contributed by atoms with E-state index in [0.717, 1.165) is 25.1 Å². The van der Waals surface area contributed by atoms with Crippen molar-refractivity contribution < 1.29 is 9.32 Å². The standard InChI is InChI=1S/C19H25ClN4O2/c1-12(2)18-22-17(26-23-18)11-21-14-7-8-15(16(20)10-14)19(25)24-9-5-4-6-13(24)3/h7-8,10,12-13,21H,4-6,9,11H2,1-3H3. The maximum atomic E-state index is 12.8. The summed E-state index contributed by atoms with van der Waals surface area (Å²) in [4.78, 5) is 19.0. The molecule has 26 heavy (non-hydrogen) atoms. The Morgan fingerprint density at radius 2 is 2.23 bits per heavy atom. The maximum absolute atomic E-state index is 12.8. The lowest BCUT2D eigenvalue weighted by atomic mass is 10.0. The van der Waals surface area contributed by atoms with Crippen molar-refractivity contribution in [3.63, 3.8) is 0 Å². The number of carbonyl (C=O) groups is 1. The average Bonchev–Trinajstić information content (AvgIpc) is 3.09. The highest BCUT2D eigenvalue weighted by Gasteiger charge is 2.25. The fraction of sp³-hybridized carbons (Fsp3) is 0.526. The van der Waals surface area contributed by atoms with Gasteiger partial charge in [-0.15, -0.1) is 0 Å². The first-order valence-electron chi connectivity index (χ1n) is 9.12. The number of carbonyl (C=O) groups excluding carboxylic acids is 1. The van der Waals surface area contributed by atoms with Crippen LogP contribution in [0, 0.1) is 0 Å². The molecule has 3 rings (SSSR count). The molecule has 1 unspecified atom stereocenters. The number of hydrogen-bond acceptors (Lipinski definition) is 5. The Balaban J connectivity index is 1.65. The predicted octanol–water partition coefficient (Wildman–Crippen LogP) is 4.47. The number of rotatable bonds is 5. The summed E-state index contributed by atoms with van der Waals surface area (Å²) < 4.78 is 5.21. The van der Waals surface area contributed by atoms with E-state index in [-0.39, 0.29) is 17.9 Å². The SMILES string of the molecule is CC(C)c1noc(CNc2ccc(C(=O)N3CCCCC3C)c(Cl)c2)n1. The normalized spacial score (nSPS) is 17.6. The van der Waals surface area contributed by atoms with Gasteiger partial charge in [-0.3, -0.25) is 4.79 Å². The summed E-state index contributed by atoms with van der Waals surface area (Å²) in [6.07, 6.45) is 3.27. The Hall–Kier alpha value is -2.08. The zero-order chi connectivity index (χ0) is 18.7. The van der Waals surface area contributed by atoms with Crippen LogP contribution < -0.4 is 5.32 Å². The second-order valence-corrected chi connectivity index (χ2v) is 7.50. The highest BCUT2D eigenvalue weighted by atomic mass is 35.5. The smallest absolute Gasteiger partial charge is 0.255 e. The molecule has 140 valence electrons. The van der Waals surface area contributed by atoms with Gasteiger partial charge >= 0.3 is 0 Å². The molecule has 1 N–H and O–H groups in total. The fourth-order valence-corrected chi connectivity index (χ4v) is 3.37. The van der Waals surface area contributed by atoms with Gasteiger partial charge in [0.05, 0.1) is 17.1 Å². The van der Waals surface area contributed by atoms with E-state index in [1.807, 2.05) is 24.8 Å². The van der Waals surface area contributed by atoms with E-state index in [1.54, 1.807) is 12.1 Å². The molecule has 1 aromatic carbocycles. The lowest BCUT2D eigenvalue weighted by Crippen LogP contribution is -2.42. The fourth-order valence-electron chi connectivity index (χ4n) is 3.11. The average molecular weight is 377 g/mol. The van der Waals surface area contributed by atoms with Gasteiger partial charge in [-0.1, -0.05) is 30.6 Å². The minimum absolute atomic E-state index is 0.00669. The van der Waals surface area contributed by atoms with Gasteiger partial charge in [0.25, 0.3) is 5.91 Å². The van der Waals surface area contributed by atoms with E-state index in [4.69, 9.17) is 16.1 Å². The van der Waals surface area contributed by atoms with Crippen molar-refractivity contribution >= 4 is 23.2 Å². The number of benzene rings is 1. The number of likely N-dealkylation sites (tertiary alicyclic amines) is 1. The summed E-state index contributed by atoms with van der Waals surface area (Å²) >= 11 is 6.38. The number of nitrogens with zero attached hydrogens (tertiary/aromatic N) is 3. The van der Waals surface area contributed by atoms with Crippen LogP contribution in [-0.4, -0.2) is 33.5 Å². The van der Waals surface area contributed by atoms with Crippen molar-refractivity contribution in [2.75, 3.05) is 11.9 Å². The minimum atomic E-state index is 0.00669. The monoisotopic (exact) mass is 376 g/mol. The van der Waals surface area contributed by atoms with Gasteiger partial charge in [-0.25, -0.2) is 0 Å². The topological polar surface area (TPSA) is 71.3 Å². The van der Waals surface area contributed by atoms with E-state index in [9.17, 15) is 4.79 Å². The number of amides is 1. The second kappa shape index (κ2) is 8.08. The van der Waals surface area contributed by atoms with Gasteiger partial charge in [0.2, 0.25) is 5.89 Å². The third-order valence-electron chi connectivity index (χ3n) is 4.71. The van der Waals surface area contributed by atoms with Gasteiger partial charge in [0.1, 0.15) is 0 Å². The van der Waals surface area contributed by atoms with Crippen LogP contribution in [-0.2, 0) is 6.54 Å². The van der Waals surface area contributed by atoms with Gasteiger partial charge in [0.15, 0.2) is 5.82 Å². The van der Waals surface area contributed by atoms with E-state index in [2.05, 4.69) is 22.4 Å². The molecule has 0 spiro atoms. The van der Waals surface area contributed by atoms with Crippen LogP contribution in [0.5, 0.6) is 0 Å². The van der Waals surface area contributed by atoms with Crippen LogP contribution in [0.4, 0.5) is 5.69 Å². The number of hydrogen-bond donors (Lipinski definition) is 1. The third kappa shape index (κ3) is 4.18. The Bertz CT molecular complexity index is 775. The highest BCUT2D eigenvalue weighted by Crippen LogP contribution is 2.26. The molecule has 1 saturated heterocycles. The van der Waals surface area contributed by atoms with Crippen molar-refractivity contribution in [3.05, 3.63) is 40.5 Å². The van der Waals surface area contributed by atoms with Gasteiger partial charge in [-0.2, -0.15) is 4.98 Å². The molecule has 1 aromatic heterocycles. The Morgan fingerprint density at radius 3 is 2.88 bits per heavy atom. The van der Waals surface area contributed by atoms with Gasteiger partial charge in [0, 0.05) is 24.2 Å². The number of nitrogens with one attached hydrogen (secondary N) is 1. The van der Waals surface area contributed by atoms with E-state index in [1.165, 1.54) is 6.42 Å². The highest BCUT2D eigenvalue weighted by molar-refractivity contribution is 6.34. The van der Waals surface area contributed by atoms with Gasteiger partial charge in [-0.05, 0) is 44.4 Å². The first-order chi connectivity index (χ1) is 12.5. The number of anilines is 1. The van der Waals surface area contributed by atoms with Crippen LogP contribution in [0.25, 0.3) is 0 Å². The molecule has 2 aromatic rings. The first kappa shape index (κ1) is 18.7. The van der Waals surface area contributed by atoms with Crippen molar-refractivity contribution in [2.24, 2.45) is 0 Å². The molecule has 2 heterocycles. The largest absolute Gasteiger partial charge is 0.376 e. The van der Waals surface area contributed by atoms with Crippen LogP contribution in [0.15, 0.2) is 22.7 Å². The molecule has 1 atom stereocenters. The minimum Gasteiger partial charge on any atom is -0.376 e. The van der Waals surface area contributed by atoms with Crippen LogP contribution in [0.2, 0.25) is 5.02 Å². The van der Waals surface area contributed by atoms with E-state index >= 15 is 0 Å². The molecule has 0 bridgehead atoms. The molecule has 1 fully saturated rings. The maximum Gasteiger partial charge on any atom is 0.255 e. The second-order valence-electron chi connectivity index (χ2n) is 7.09. The number of piperidine rings is 1. The predicted molar refractivity (Wildman–Crippen MR) is 102 cm³/mol. The van der Waals surface area contributed by atoms with Crippen molar-refractivity contribution in [1.29, 1.82) is 0 Å². The molecule has 6 nitrogen and oxygen atoms in total. The summed E-state index contributed by atoms with van der Waals surface area (Å²) in [6, 6.07) is 5.66. The summed E-state index contributed by atoms with van der Waals surface area (Å²) in [6.45, 7) is 7.33. The Morgan fingerprint density at radius 1 is 1.42 bits per heavy atom. The molecule has 0 saturated carbocycles. The lowest BCUT2D eigenvalue weighted by molar-refractivity contribution is 0.0636. The van der Waals surface area contributed by atoms with Crippen LogP contribution in [0.1, 0.15) is 68.0 Å².